The van der Waals surface area contributed by atoms with Crippen LogP contribution in [-0.2, 0) is 22.0 Å². The Bertz CT molecular complexity index is 1090. The minimum Gasteiger partial charge on any atom is -0.341 e. The van der Waals surface area contributed by atoms with Crippen molar-refractivity contribution in [2.24, 2.45) is 0 Å². The van der Waals surface area contributed by atoms with Crippen LogP contribution in [0.2, 0.25) is 0 Å². The molecule has 2 heterocycles. The summed E-state index contributed by atoms with van der Waals surface area (Å²) < 4.78 is 13.3. The lowest BCUT2D eigenvalue weighted by atomic mass is 10.1. The van der Waals surface area contributed by atoms with Gasteiger partial charge >= 0.3 is 0 Å². The summed E-state index contributed by atoms with van der Waals surface area (Å²) >= 11 is 0. The Morgan fingerprint density at radius 3 is 2.37 bits per heavy atom. The fraction of sp³-hybridized carbons (Fsp3) is 0.238. The van der Waals surface area contributed by atoms with Gasteiger partial charge in [-0.15, -0.1) is 0 Å². The molecule has 30 heavy (non-hydrogen) atoms. The van der Waals surface area contributed by atoms with Crippen LogP contribution < -0.4 is 0 Å². The molecule has 0 radical (unpaired) electrons. The SMILES string of the molecule is O=C(Cc1cn(-c2ccccc2)nc1-c1ccc([N+](=O)[O-])cc1)N1CCS(=O)CC1. The number of aromatic nitrogens is 2. The Balaban J connectivity index is 1.67. The van der Waals surface area contributed by atoms with Crippen molar-refractivity contribution in [1.82, 2.24) is 14.7 Å². The number of hydrogen-bond donors (Lipinski definition) is 0. The number of nitrogens with zero attached hydrogens (tertiary/aromatic N) is 4. The molecule has 0 atom stereocenters. The number of carbonyl (C=O) groups excluding carboxylic acids is 1. The Labute approximate surface area is 175 Å². The van der Waals surface area contributed by atoms with Gasteiger partial charge in [0.2, 0.25) is 5.91 Å². The molecule has 0 aliphatic carbocycles. The zero-order valence-corrected chi connectivity index (χ0v) is 17.0. The topological polar surface area (TPSA) is 98.3 Å². The van der Waals surface area contributed by atoms with Crippen LogP contribution in [0.4, 0.5) is 5.69 Å². The number of nitro groups is 1. The third-order valence-electron chi connectivity index (χ3n) is 5.03. The number of carbonyl (C=O) groups is 1. The number of hydrogen-bond acceptors (Lipinski definition) is 5. The van der Waals surface area contributed by atoms with E-state index in [1.807, 2.05) is 36.5 Å². The summed E-state index contributed by atoms with van der Waals surface area (Å²) in [4.78, 5) is 25.1. The molecule has 0 N–H and O–H groups in total. The van der Waals surface area contributed by atoms with E-state index in [1.54, 1.807) is 21.7 Å². The standard InChI is InChI=1S/C21H20N4O4S/c26-20(23-10-12-30(29)13-11-23)14-17-15-24(18-4-2-1-3-5-18)22-21(17)16-6-8-19(9-7-16)25(27)28/h1-9,15H,10-14H2. The minimum absolute atomic E-state index is 0.000172. The van der Waals surface area contributed by atoms with E-state index in [0.717, 1.165) is 11.3 Å². The zero-order valence-electron chi connectivity index (χ0n) is 16.1. The smallest absolute Gasteiger partial charge is 0.269 e. The number of benzene rings is 2. The van der Waals surface area contributed by atoms with Gasteiger partial charge in [0.05, 0.1) is 22.7 Å². The van der Waals surface area contributed by atoms with Gasteiger partial charge in [0.25, 0.3) is 5.69 Å². The van der Waals surface area contributed by atoms with Crippen molar-refractivity contribution < 1.29 is 13.9 Å². The van der Waals surface area contributed by atoms with Crippen LogP contribution in [0.25, 0.3) is 16.9 Å². The predicted molar refractivity (Wildman–Crippen MR) is 114 cm³/mol. The molecule has 0 saturated carbocycles. The molecule has 0 bridgehead atoms. The molecule has 8 nitrogen and oxygen atoms in total. The first kappa shape index (κ1) is 20.0. The molecular formula is C21H20N4O4S. The van der Waals surface area contributed by atoms with Gasteiger partial charge in [0, 0.05) is 64.9 Å². The van der Waals surface area contributed by atoms with Gasteiger partial charge in [0.15, 0.2) is 0 Å². The van der Waals surface area contributed by atoms with Gasteiger partial charge in [-0.1, -0.05) is 18.2 Å². The fourth-order valence-electron chi connectivity index (χ4n) is 3.40. The number of rotatable bonds is 5. The van der Waals surface area contributed by atoms with Crippen molar-refractivity contribution in [3.05, 3.63) is 76.5 Å². The van der Waals surface area contributed by atoms with Crippen molar-refractivity contribution in [2.75, 3.05) is 24.6 Å². The Morgan fingerprint density at radius 2 is 1.73 bits per heavy atom. The first-order valence-corrected chi connectivity index (χ1v) is 11.0. The molecule has 0 unspecified atom stereocenters. The summed E-state index contributed by atoms with van der Waals surface area (Å²) in [5.41, 5.74) is 2.91. The molecule has 9 heteroatoms. The van der Waals surface area contributed by atoms with Crippen LogP contribution >= 0.6 is 0 Å². The normalized spacial score (nSPS) is 14.6. The average Bonchev–Trinajstić information content (AvgIpc) is 3.18. The summed E-state index contributed by atoms with van der Waals surface area (Å²) in [6.07, 6.45) is 1.98. The van der Waals surface area contributed by atoms with E-state index in [4.69, 9.17) is 0 Å². The maximum absolute atomic E-state index is 12.8. The van der Waals surface area contributed by atoms with Crippen molar-refractivity contribution in [1.29, 1.82) is 0 Å². The molecule has 0 spiro atoms. The molecule has 1 amide bonds. The van der Waals surface area contributed by atoms with Crippen molar-refractivity contribution in [3.8, 4) is 16.9 Å². The van der Waals surface area contributed by atoms with Crippen molar-refractivity contribution >= 4 is 22.4 Å². The van der Waals surface area contributed by atoms with Gasteiger partial charge in [-0.2, -0.15) is 5.10 Å². The maximum Gasteiger partial charge on any atom is 0.269 e. The van der Waals surface area contributed by atoms with Gasteiger partial charge in [-0.3, -0.25) is 19.1 Å². The number of para-hydroxylation sites is 1. The largest absolute Gasteiger partial charge is 0.341 e. The summed E-state index contributed by atoms with van der Waals surface area (Å²) in [6.45, 7) is 0.982. The van der Waals surface area contributed by atoms with Crippen LogP contribution in [-0.4, -0.2) is 54.3 Å². The van der Waals surface area contributed by atoms with Gasteiger partial charge in [0.1, 0.15) is 0 Å². The van der Waals surface area contributed by atoms with E-state index >= 15 is 0 Å². The molecule has 2 aromatic carbocycles. The minimum atomic E-state index is -0.850. The highest BCUT2D eigenvalue weighted by Crippen LogP contribution is 2.26. The highest BCUT2D eigenvalue weighted by atomic mass is 32.2. The molecule has 1 fully saturated rings. The second-order valence-corrected chi connectivity index (χ2v) is 8.69. The third kappa shape index (κ3) is 4.30. The first-order chi connectivity index (χ1) is 14.5. The highest BCUT2D eigenvalue weighted by molar-refractivity contribution is 7.85. The zero-order chi connectivity index (χ0) is 21.1. The molecule has 1 aliphatic rings. The molecular weight excluding hydrogens is 404 g/mol. The first-order valence-electron chi connectivity index (χ1n) is 9.53. The van der Waals surface area contributed by atoms with E-state index in [0.29, 0.717) is 35.9 Å². The third-order valence-corrected chi connectivity index (χ3v) is 6.31. The lowest BCUT2D eigenvalue weighted by molar-refractivity contribution is -0.384. The number of nitro benzene ring substituents is 1. The summed E-state index contributed by atoms with van der Waals surface area (Å²) in [6, 6.07) is 15.7. The highest BCUT2D eigenvalue weighted by Gasteiger charge is 2.23. The molecule has 1 aliphatic heterocycles. The van der Waals surface area contributed by atoms with Crippen LogP contribution in [0, 0.1) is 10.1 Å². The van der Waals surface area contributed by atoms with E-state index in [-0.39, 0.29) is 18.0 Å². The molecule has 1 saturated heterocycles. The quantitative estimate of drug-likeness (QED) is 0.463. The number of amides is 1. The van der Waals surface area contributed by atoms with Crippen molar-refractivity contribution in [3.63, 3.8) is 0 Å². The van der Waals surface area contributed by atoms with Crippen LogP contribution in [0.15, 0.2) is 60.8 Å². The molecule has 154 valence electrons. The summed E-state index contributed by atoms with van der Waals surface area (Å²) in [5.74, 6) is 0.969. The second-order valence-electron chi connectivity index (χ2n) is 6.99. The Kier molecular flexibility index (Phi) is 5.71. The van der Waals surface area contributed by atoms with E-state index in [2.05, 4.69) is 5.10 Å². The van der Waals surface area contributed by atoms with Gasteiger partial charge in [-0.25, -0.2) is 4.68 Å². The van der Waals surface area contributed by atoms with Crippen LogP contribution in [0.1, 0.15) is 5.56 Å². The fourth-order valence-corrected chi connectivity index (χ4v) is 4.45. The van der Waals surface area contributed by atoms with Crippen molar-refractivity contribution in [2.45, 2.75) is 6.42 Å². The van der Waals surface area contributed by atoms with Crippen LogP contribution in [0.5, 0.6) is 0 Å². The average molecular weight is 424 g/mol. The van der Waals surface area contributed by atoms with E-state index in [9.17, 15) is 19.1 Å². The Morgan fingerprint density at radius 1 is 1.07 bits per heavy atom. The second kappa shape index (κ2) is 8.58. The van der Waals surface area contributed by atoms with Gasteiger partial charge < -0.3 is 4.90 Å². The lowest BCUT2D eigenvalue weighted by Crippen LogP contribution is -2.42. The van der Waals surface area contributed by atoms with E-state index < -0.39 is 15.7 Å². The van der Waals surface area contributed by atoms with Crippen LogP contribution in [0.3, 0.4) is 0 Å². The summed E-state index contributed by atoms with van der Waals surface area (Å²) in [5, 5.41) is 15.6. The van der Waals surface area contributed by atoms with E-state index in [1.165, 1.54) is 12.1 Å². The molecule has 4 rings (SSSR count). The monoisotopic (exact) mass is 424 g/mol. The molecule has 1 aromatic heterocycles. The maximum atomic E-state index is 12.8. The summed E-state index contributed by atoms with van der Waals surface area (Å²) in [7, 11) is -0.850. The predicted octanol–water partition coefficient (Wildman–Crippen LogP) is 2.58. The lowest BCUT2D eigenvalue weighted by Gasteiger charge is -2.26. The Hall–Kier alpha value is -3.33. The van der Waals surface area contributed by atoms with Gasteiger partial charge in [-0.05, 0) is 24.3 Å². The molecule has 3 aromatic rings. The number of non-ortho nitro benzene ring substituents is 1.